The van der Waals surface area contributed by atoms with Crippen LogP contribution in [-0.4, -0.2) is 28.7 Å². The molecule has 0 amide bonds. The molecule has 2 heterocycles. The lowest BCUT2D eigenvalue weighted by Crippen LogP contribution is -2.25. The summed E-state index contributed by atoms with van der Waals surface area (Å²) < 4.78 is 63.7. The first-order valence-corrected chi connectivity index (χ1v) is 9.29. The third-order valence-electron chi connectivity index (χ3n) is 5.20. The van der Waals surface area contributed by atoms with E-state index in [1.54, 1.807) is 24.8 Å². The minimum absolute atomic E-state index is 0.0597. The molecule has 1 aliphatic heterocycles. The molecule has 0 fully saturated rings. The molecule has 0 bridgehead atoms. The lowest BCUT2D eigenvalue weighted by Gasteiger charge is -2.22. The molecule has 0 saturated heterocycles. The van der Waals surface area contributed by atoms with Gasteiger partial charge in [-0.1, -0.05) is 31.1 Å². The van der Waals surface area contributed by atoms with Crippen LogP contribution in [0.25, 0.3) is 11.4 Å². The molecule has 8 nitrogen and oxygen atoms in total. The van der Waals surface area contributed by atoms with Crippen molar-refractivity contribution in [1.82, 2.24) is 10.1 Å². The van der Waals surface area contributed by atoms with E-state index in [4.69, 9.17) is 4.74 Å². The molecule has 0 radical (unpaired) electrons. The number of hydrogen-bond donors (Lipinski definition) is 0. The molecule has 168 valence electrons. The van der Waals surface area contributed by atoms with Crippen LogP contribution < -0.4 is 9.64 Å². The number of para-hydroxylation sites is 2. The van der Waals surface area contributed by atoms with E-state index in [9.17, 15) is 23.3 Å². The van der Waals surface area contributed by atoms with E-state index < -0.39 is 34.0 Å². The zero-order chi connectivity index (χ0) is 23.4. The molecule has 0 aliphatic carbocycles. The van der Waals surface area contributed by atoms with Gasteiger partial charge < -0.3 is 14.2 Å². The molecular formula is C20H16F4N4O4. The Morgan fingerprint density at radius 1 is 1.28 bits per heavy atom. The summed E-state index contributed by atoms with van der Waals surface area (Å²) >= 11 is 0. The SMILES string of the molecule is COc1cc(F)c(-c2noc(C(F)(F)F)n2)c2c1N(c1ccccc1[N+](=O)[O-])CC2(C)C. The normalized spacial score (nSPS) is 15.0. The number of methoxy groups -OCH3 is 1. The largest absolute Gasteiger partial charge is 0.494 e. The number of anilines is 2. The highest BCUT2D eigenvalue weighted by molar-refractivity contribution is 5.87. The van der Waals surface area contributed by atoms with Gasteiger partial charge in [0.2, 0.25) is 5.82 Å². The fourth-order valence-corrected chi connectivity index (χ4v) is 3.96. The van der Waals surface area contributed by atoms with Gasteiger partial charge in [-0.25, -0.2) is 4.39 Å². The van der Waals surface area contributed by atoms with Gasteiger partial charge in [-0.15, -0.1) is 0 Å². The van der Waals surface area contributed by atoms with Crippen LogP contribution in [0.5, 0.6) is 5.75 Å². The minimum atomic E-state index is -4.90. The summed E-state index contributed by atoms with van der Waals surface area (Å²) in [7, 11) is 1.30. The number of halogens is 4. The number of alkyl halides is 3. The van der Waals surface area contributed by atoms with Crippen molar-refractivity contribution in [2.45, 2.75) is 25.4 Å². The molecule has 1 aliphatic rings. The maximum absolute atomic E-state index is 15.2. The molecule has 4 rings (SSSR count). The summed E-state index contributed by atoms with van der Waals surface area (Å²) in [5, 5.41) is 14.9. The van der Waals surface area contributed by atoms with Crippen molar-refractivity contribution in [2.75, 3.05) is 18.6 Å². The van der Waals surface area contributed by atoms with Crippen molar-refractivity contribution in [3.8, 4) is 17.1 Å². The maximum atomic E-state index is 15.2. The first kappa shape index (κ1) is 21.5. The van der Waals surface area contributed by atoms with Gasteiger partial charge in [-0.2, -0.15) is 18.2 Å². The Morgan fingerprint density at radius 2 is 1.97 bits per heavy atom. The van der Waals surface area contributed by atoms with E-state index in [1.165, 1.54) is 25.3 Å². The molecule has 1 aromatic heterocycles. The fourth-order valence-electron chi connectivity index (χ4n) is 3.96. The monoisotopic (exact) mass is 452 g/mol. The van der Waals surface area contributed by atoms with E-state index in [-0.39, 0.29) is 40.5 Å². The van der Waals surface area contributed by atoms with E-state index in [2.05, 4.69) is 14.7 Å². The molecule has 32 heavy (non-hydrogen) atoms. The number of nitrogens with zero attached hydrogens (tertiary/aromatic N) is 4. The minimum Gasteiger partial charge on any atom is -0.494 e. The molecule has 0 atom stereocenters. The number of nitro benzene ring substituents is 1. The van der Waals surface area contributed by atoms with Gasteiger partial charge in [0.05, 0.1) is 23.3 Å². The summed E-state index contributed by atoms with van der Waals surface area (Å²) in [5.74, 6) is -3.04. The van der Waals surface area contributed by atoms with Gasteiger partial charge in [0, 0.05) is 29.7 Å². The van der Waals surface area contributed by atoms with Gasteiger partial charge in [0.1, 0.15) is 17.3 Å². The van der Waals surface area contributed by atoms with Crippen molar-refractivity contribution in [3.05, 3.63) is 57.7 Å². The molecule has 0 spiro atoms. The van der Waals surface area contributed by atoms with Crippen molar-refractivity contribution in [2.24, 2.45) is 0 Å². The lowest BCUT2D eigenvalue weighted by atomic mass is 9.83. The van der Waals surface area contributed by atoms with Gasteiger partial charge >= 0.3 is 12.1 Å². The smallest absolute Gasteiger partial charge is 0.471 e. The maximum Gasteiger partial charge on any atom is 0.471 e. The standard InChI is InChI=1S/C20H16F4N4O4/c1-19(2)9-27(11-6-4-5-7-12(11)28(29)30)16-13(31-3)8-10(21)14(15(16)19)17-25-18(32-26-17)20(22,23)24/h4-8H,9H2,1-3H3. The topological polar surface area (TPSA) is 94.5 Å². The third-order valence-corrected chi connectivity index (χ3v) is 5.20. The van der Waals surface area contributed by atoms with Crippen LogP contribution in [0.2, 0.25) is 0 Å². The number of rotatable bonds is 4. The second-order valence-corrected chi connectivity index (χ2v) is 7.80. The number of ether oxygens (including phenoxy) is 1. The Bertz CT molecular complexity index is 1220. The first-order chi connectivity index (χ1) is 15.0. The number of fused-ring (bicyclic) bond motifs is 1. The average Bonchev–Trinajstić information content (AvgIpc) is 3.31. The van der Waals surface area contributed by atoms with Gasteiger partial charge in [-0.05, 0) is 6.07 Å². The van der Waals surface area contributed by atoms with Crippen LogP contribution in [0.1, 0.15) is 25.3 Å². The number of benzene rings is 2. The predicted octanol–water partition coefficient (Wildman–Crippen LogP) is 5.24. The zero-order valence-corrected chi connectivity index (χ0v) is 17.0. The lowest BCUT2D eigenvalue weighted by molar-refractivity contribution is -0.384. The Balaban J connectivity index is 2.01. The summed E-state index contributed by atoms with van der Waals surface area (Å²) in [6, 6.07) is 6.96. The third kappa shape index (κ3) is 3.31. The van der Waals surface area contributed by atoms with Crippen molar-refractivity contribution in [1.29, 1.82) is 0 Å². The number of hydrogen-bond acceptors (Lipinski definition) is 7. The van der Waals surface area contributed by atoms with E-state index >= 15 is 4.39 Å². The van der Waals surface area contributed by atoms with Crippen molar-refractivity contribution in [3.63, 3.8) is 0 Å². The molecule has 0 N–H and O–H groups in total. The van der Waals surface area contributed by atoms with Crippen LogP contribution >= 0.6 is 0 Å². The van der Waals surface area contributed by atoms with Crippen LogP contribution in [0, 0.1) is 15.9 Å². The molecule has 3 aromatic rings. The van der Waals surface area contributed by atoms with Gasteiger partial charge in [0.25, 0.3) is 5.69 Å². The molecular weight excluding hydrogens is 436 g/mol. The number of aromatic nitrogens is 2. The zero-order valence-electron chi connectivity index (χ0n) is 17.0. The highest BCUT2D eigenvalue weighted by Crippen LogP contribution is 2.54. The molecule has 0 unspecified atom stereocenters. The average molecular weight is 452 g/mol. The van der Waals surface area contributed by atoms with Crippen molar-refractivity contribution >= 4 is 17.1 Å². The van der Waals surface area contributed by atoms with E-state index in [0.717, 1.165) is 6.07 Å². The second kappa shape index (κ2) is 7.18. The highest BCUT2D eigenvalue weighted by atomic mass is 19.4. The Morgan fingerprint density at radius 3 is 2.56 bits per heavy atom. The summed E-state index contributed by atoms with van der Waals surface area (Å²) in [5.41, 5.74) is -0.593. The first-order valence-electron chi connectivity index (χ1n) is 9.29. The molecule has 2 aromatic carbocycles. The Kier molecular flexibility index (Phi) is 4.83. The Hall–Kier alpha value is -3.70. The molecule has 12 heteroatoms. The fraction of sp³-hybridized carbons (Fsp3) is 0.300. The Labute approximate surface area is 178 Å². The predicted molar refractivity (Wildman–Crippen MR) is 104 cm³/mol. The molecule has 0 saturated carbocycles. The van der Waals surface area contributed by atoms with Gasteiger partial charge in [-0.3, -0.25) is 10.1 Å². The summed E-state index contributed by atoms with van der Waals surface area (Å²) in [6.07, 6.45) is -4.90. The van der Waals surface area contributed by atoms with Crippen LogP contribution in [-0.2, 0) is 11.6 Å². The van der Waals surface area contributed by atoms with E-state index in [1.807, 2.05) is 0 Å². The quantitative estimate of drug-likeness (QED) is 0.304. The number of nitro groups is 1. The van der Waals surface area contributed by atoms with Crippen LogP contribution in [0.4, 0.5) is 34.6 Å². The highest BCUT2D eigenvalue weighted by Gasteiger charge is 2.45. The second-order valence-electron chi connectivity index (χ2n) is 7.80. The van der Waals surface area contributed by atoms with Gasteiger partial charge in [0.15, 0.2) is 0 Å². The van der Waals surface area contributed by atoms with E-state index in [0.29, 0.717) is 0 Å². The summed E-state index contributed by atoms with van der Waals surface area (Å²) in [6.45, 7) is 3.62. The van der Waals surface area contributed by atoms with Crippen LogP contribution in [0.15, 0.2) is 34.9 Å². The van der Waals surface area contributed by atoms with Crippen LogP contribution in [0.3, 0.4) is 0 Å². The summed E-state index contributed by atoms with van der Waals surface area (Å²) in [4.78, 5) is 16.0. The van der Waals surface area contributed by atoms with Crippen molar-refractivity contribution < 1.29 is 31.7 Å².